The van der Waals surface area contributed by atoms with Crippen LogP contribution in [0.25, 0.3) is 0 Å². The van der Waals surface area contributed by atoms with E-state index < -0.39 is 0 Å². The fraction of sp³-hybridized carbons (Fsp3) is 0.435. The van der Waals surface area contributed by atoms with Crippen LogP contribution in [0.5, 0.6) is 0 Å². The summed E-state index contributed by atoms with van der Waals surface area (Å²) in [6.07, 6.45) is 6.71. The minimum absolute atomic E-state index is 0.0513. The van der Waals surface area contributed by atoms with Gasteiger partial charge in [0, 0.05) is 30.5 Å². The maximum absolute atomic E-state index is 12.4. The Hall–Kier alpha value is -2.89. The standard InChI is InChI=1S/C23H29N3O3/c1-17(15-25-23(28)29-16-18-5-3-2-4-6-18)19-7-9-20(10-8-19)22(27)26-21-11-13-24-14-12-21/h2-6,11-14,17,19-20H,7-10,15-16H2,1H3,(H,25,28)(H,24,26,27). The topological polar surface area (TPSA) is 80.3 Å². The van der Waals surface area contributed by atoms with Gasteiger partial charge >= 0.3 is 6.09 Å². The predicted octanol–water partition coefficient (Wildman–Crippen LogP) is 4.39. The Morgan fingerprint density at radius 3 is 2.45 bits per heavy atom. The Kier molecular flexibility index (Phi) is 7.61. The van der Waals surface area contributed by atoms with E-state index in [2.05, 4.69) is 22.5 Å². The summed E-state index contributed by atoms with van der Waals surface area (Å²) in [5.41, 5.74) is 1.76. The molecule has 29 heavy (non-hydrogen) atoms. The van der Waals surface area contributed by atoms with Gasteiger partial charge in [-0.2, -0.15) is 0 Å². The number of carbonyl (C=O) groups excluding carboxylic acids is 2. The highest BCUT2D eigenvalue weighted by Crippen LogP contribution is 2.33. The molecule has 6 heteroatoms. The van der Waals surface area contributed by atoms with Gasteiger partial charge in [0.25, 0.3) is 0 Å². The highest BCUT2D eigenvalue weighted by atomic mass is 16.5. The van der Waals surface area contributed by atoms with Crippen molar-refractivity contribution in [3.05, 3.63) is 60.4 Å². The molecule has 1 aliphatic carbocycles. The Balaban J connectivity index is 1.34. The average Bonchev–Trinajstić information content (AvgIpc) is 2.77. The number of alkyl carbamates (subject to hydrolysis) is 1. The zero-order chi connectivity index (χ0) is 20.5. The number of aromatic nitrogens is 1. The van der Waals surface area contributed by atoms with Gasteiger partial charge in [0.15, 0.2) is 0 Å². The van der Waals surface area contributed by atoms with Crippen LogP contribution >= 0.6 is 0 Å². The number of benzene rings is 1. The van der Waals surface area contributed by atoms with Crippen LogP contribution in [-0.4, -0.2) is 23.5 Å². The summed E-state index contributed by atoms with van der Waals surface area (Å²) in [5.74, 6) is 0.998. The van der Waals surface area contributed by atoms with Crippen molar-refractivity contribution in [1.29, 1.82) is 0 Å². The van der Waals surface area contributed by atoms with E-state index in [0.29, 0.717) is 18.4 Å². The molecule has 1 atom stereocenters. The number of nitrogens with one attached hydrogen (secondary N) is 2. The van der Waals surface area contributed by atoms with Crippen LogP contribution in [-0.2, 0) is 16.1 Å². The van der Waals surface area contributed by atoms with Gasteiger partial charge in [0.2, 0.25) is 5.91 Å². The smallest absolute Gasteiger partial charge is 0.407 e. The van der Waals surface area contributed by atoms with Crippen molar-refractivity contribution in [3.8, 4) is 0 Å². The molecule has 0 spiro atoms. The van der Waals surface area contributed by atoms with Crippen molar-refractivity contribution in [2.75, 3.05) is 11.9 Å². The van der Waals surface area contributed by atoms with Gasteiger partial charge < -0.3 is 15.4 Å². The summed E-state index contributed by atoms with van der Waals surface area (Å²) in [7, 11) is 0. The van der Waals surface area contributed by atoms with Crippen LogP contribution in [0, 0.1) is 17.8 Å². The second-order valence-electron chi connectivity index (χ2n) is 7.76. The first-order valence-corrected chi connectivity index (χ1v) is 10.3. The summed E-state index contributed by atoms with van der Waals surface area (Å²) >= 11 is 0. The van der Waals surface area contributed by atoms with Crippen molar-refractivity contribution in [2.24, 2.45) is 17.8 Å². The number of hydrogen-bond donors (Lipinski definition) is 2. The number of hydrogen-bond acceptors (Lipinski definition) is 4. The van der Waals surface area contributed by atoms with Gasteiger partial charge in [-0.1, -0.05) is 37.3 Å². The molecule has 154 valence electrons. The first kappa shape index (κ1) is 20.8. The van der Waals surface area contributed by atoms with E-state index in [1.54, 1.807) is 24.5 Å². The minimum atomic E-state index is -0.383. The zero-order valence-electron chi connectivity index (χ0n) is 16.8. The average molecular weight is 396 g/mol. The molecular formula is C23H29N3O3. The largest absolute Gasteiger partial charge is 0.445 e. The Morgan fingerprint density at radius 2 is 1.76 bits per heavy atom. The fourth-order valence-electron chi connectivity index (χ4n) is 3.82. The second-order valence-corrected chi connectivity index (χ2v) is 7.76. The van der Waals surface area contributed by atoms with Crippen molar-refractivity contribution in [2.45, 2.75) is 39.2 Å². The van der Waals surface area contributed by atoms with Crippen molar-refractivity contribution in [1.82, 2.24) is 10.3 Å². The lowest BCUT2D eigenvalue weighted by Gasteiger charge is -2.31. The molecule has 1 aromatic carbocycles. The lowest BCUT2D eigenvalue weighted by Crippen LogP contribution is -2.34. The van der Waals surface area contributed by atoms with E-state index in [-0.39, 0.29) is 24.5 Å². The third kappa shape index (κ3) is 6.59. The van der Waals surface area contributed by atoms with Crippen LogP contribution < -0.4 is 10.6 Å². The lowest BCUT2D eigenvalue weighted by molar-refractivity contribution is -0.121. The van der Waals surface area contributed by atoms with Crippen LogP contribution in [0.4, 0.5) is 10.5 Å². The summed E-state index contributed by atoms with van der Waals surface area (Å²) in [5, 5.41) is 5.84. The fourth-order valence-corrected chi connectivity index (χ4v) is 3.82. The summed E-state index contributed by atoms with van der Waals surface area (Å²) in [4.78, 5) is 28.3. The Labute approximate surface area is 172 Å². The quantitative estimate of drug-likeness (QED) is 0.729. The van der Waals surface area contributed by atoms with Gasteiger partial charge in [-0.25, -0.2) is 4.79 Å². The van der Waals surface area contributed by atoms with E-state index in [1.807, 2.05) is 30.3 Å². The number of pyridine rings is 1. The van der Waals surface area contributed by atoms with E-state index in [0.717, 1.165) is 36.9 Å². The molecule has 0 bridgehead atoms. The SMILES string of the molecule is CC(CNC(=O)OCc1ccccc1)C1CCC(C(=O)Nc2ccncc2)CC1. The number of anilines is 1. The zero-order valence-corrected chi connectivity index (χ0v) is 16.8. The van der Waals surface area contributed by atoms with Gasteiger partial charge in [-0.3, -0.25) is 9.78 Å². The highest BCUT2D eigenvalue weighted by molar-refractivity contribution is 5.92. The molecule has 0 aliphatic heterocycles. The summed E-state index contributed by atoms with van der Waals surface area (Å²) < 4.78 is 5.26. The lowest BCUT2D eigenvalue weighted by atomic mass is 9.76. The number of amides is 2. The predicted molar refractivity (Wildman–Crippen MR) is 112 cm³/mol. The Morgan fingerprint density at radius 1 is 1.07 bits per heavy atom. The Bertz CT molecular complexity index is 774. The number of ether oxygens (including phenoxy) is 1. The van der Waals surface area contributed by atoms with E-state index >= 15 is 0 Å². The van der Waals surface area contributed by atoms with Gasteiger partial charge in [-0.15, -0.1) is 0 Å². The molecule has 3 rings (SSSR count). The van der Waals surface area contributed by atoms with Gasteiger partial charge in [-0.05, 0) is 55.2 Å². The third-order valence-corrected chi connectivity index (χ3v) is 5.68. The molecule has 6 nitrogen and oxygen atoms in total. The highest BCUT2D eigenvalue weighted by Gasteiger charge is 2.29. The molecule has 0 saturated heterocycles. The molecule has 2 N–H and O–H groups in total. The first-order chi connectivity index (χ1) is 14.1. The minimum Gasteiger partial charge on any atom is -0.445 e. The number of carbonyl (C=O) groups is 2. The van der Waals surface area contributed by atoms with Crippen LogP contribution in [0.15, 0.2) is 54.9 Å². The third-order valence-electron chi connectivity index (χ3n) is 5.68. The maximum Gasteiger partial charge on any atom is 0.407 e. The summed E-state index contributed by atoms with van der Waals surface area (Å²) in [6, 6.07) is 13.2. The molecular weight excluding hydrogens is 366 g/mol. The van der Waals surface area contributed by atoms with Crippen LogP contribution in [0.2, 0.25) is 0 Å². The van der Waals surface area contributed by atoms with Gasteiger partial charge in [0.1, 0.15) is 6.61 Å². The number of rotatable bonds is 7. The van der Waals surface area contributed by atoms with E-state index in [4.69, 9.17) is 4.74 Å². The van der Waals surface area contributed by atoms with E-state index in [9.17, 15) is 9.59 Å². The second kappa shape index (κ2) is 10.6. The molecule has 2 amide bonds. The summed E-state index contributed by atoms with van der Waals surface area (Å²) in [6.45, 7) is 3.02. The van der Waals surface area contributed by atoms with Crippen molar-refractivity contribution in [3.63, 3.8) is 0 Å². The molecule has 0 radical (unpaired) electrons. The van der Waals surface area contributed by atoms with Crippen LogP contribution in [0.3, 0.4) is 0 Å². The van der Waals surface area contributed by atoms with Crippen molar-refractivity contribution < 1.29 is 14.3 Å². The molecule has 1 aromatic heterocycles. The molecule has 1 heterocycles. The van der Waals surface area contributed by atoms with E-state index in [1.165, 1.54) is 0 Å². The maximum atomic E-state index is 12.4. The normalized spacial score (nSPS) is 19.8. The molecule has 1 aliphatic rings. The monoisotopic (exact) mass is 395 g/mol. The number of nitrogens with zero attached hydrogens (tertiary/aromatic N) is 1. The molecule has 2 aromatic rings. The van der Waals surface area contributed by atoms with Gasteiger partial charge in [0.05, 0.1) is 0 Å². The van der Waals surface area contributed by atoms with Crippen LogP contribution in [0.1, 0.15) is 38.2 Å². The first-order valence-electron chi connectivity index (χ1n) is 10.3. The molecule has 1 fully saturated rings. The van der Waals surface area contributed by atoms with Crippen molar-refractivity contribution >= 4 is 17.7 Å². The molecule has 1 saturated carbocycles. The molecule has 1 unspecified atom stereocenters.